The van der Waals surface area contributed by atoms with Gasteiger partial charge in [-0.25, -0.2) is 4.98 Å². The number of aromatic nitrogens is 1. The first kappa shape index (κ1) is 11.6. The van der Waals surface area contributed by atoms with Crippen molar-refractivity contribution in [2.75, 3.05) is 7.11 Å². The van der Waals surface area contributed by atoms with E-state index in [9.17, 15) is 0 Å². The van der Waals surface area contributed by atoms with Crippen LogP contribution in [-0.2, 0) is 6.42 Å². The largest absolute Gasteiger partial charge is 0.496 e. The number of hydrogen-bond acceptors (Lipinski definition) is 4. The number of benzene rings is 1. The van der Waals surface area contributed by atoms with E-state index in [-0.39, 0.29) is 0 Å². The number of methoxy groups -OCH3 is 1. The fourth-order valence-corrected chi connectivity index (χ4v) is 2.56. The van der Waals surface area contributed by atoms with E-state index >= 15 is 0 Å². The molecule has 0 N–H and O–H groups in total. The van der Waals surface area contributed by atoms with Gasteiger partial charge in [-0.05, 0) is 19.1 Å². The quantitative estimate of drug-likeness (QED) is 0.833. The Morgan fingerprint density at radius 3 is 2.88 bits per heavy atom. The third-order valence-corrected chi connectivity index (χ3v) is 3.52. The number of hydrogen-bond donors (Lipinski definition) is 0. The summed E-state index contributed by atoms with van der Waals surface area (Å²) in [5.41, 5.74) is 1.84. The lowest BCUT2D eigenvalue weighted by Gasteiger charge is -2.04. The molecule has 0 unspecified atom stereocenters. The van der Waals surface area contributed by atoms with Gasteiger partial charge < -0.3 is 4.74 Å². The van der Waals surface area contributed by atoms with Crippen LogP contribution in [0.1, 0.15) is 10.6 Å². The molecular formula is C13H12N2OS. The highest BCUT2D eigenvalue weighted by molar-refractivity contribution is 7.15. The third kappa shape index (κ3) is 2.29. The highest BCUT2D eigenvalue weighted by Gasteiger charge is 2.12. The fourth-order valence-electron chi connectivity index (χ4n) is 1.60. The molecule has 86 valence electrons. The summed E-state index contributed by atoms with van der Waals surface area (Å²) in [7, 11) is 1.65. The number of ether oxygens (including phenoxy) is 1. The van der Waals surface area contributed by atoms with Gasteiger partial charge in [-0.3, -0.25) is 0 Å². The van der Waals surface area contributed by atoms with E-state index in [2.05, 4.69) is 11.1 Å². The van der Waals surface area contributed by atoms with Crippen LogP contribution in [0.25, 0.3) is 10.6 Å². The number of rotatable bonds is 3. The minimum Gasteiger partial charge on any atom is -0.496 e. The van der Waals surface area contributed by atoms with E-state index in [1.54, 1.807) is 18.4 Å². The average Bonchev–Trinajstić information content (AvgIpc) is 2.71. The predicted molar refractivity (Wildman–Crippen MR) is 68.2 cm³/mol. The minimum absolute atomic E-state index is 0.359. The van der Waals surface area contributed by atoms with E-state index in [0.29, 0.717) is 6.42 Å². The number of thiazole rings is 1. The van der Waals surface area contributed by atoms with Crippen molar-refractivity contribution in [3.63, 3.8) is 0 Å². The maximum atomic E-state index is 8.71. The maximum Gasteiger partial charge on any atom is 0.129 e. The van der Waals surface area contributed by atoms with Gasteiger partial charge in [0.05, 0.1) is 30.9 Å². The summed E-state index contributed by atoms with van der Waals surface area (Å²) in [5.74, 6) is 0.810. The summed E-state index contributed by atoms with van der Waals surface area (Å²) in [4.78, 5) is 5.58. The minimum atomic E-state index is 0.359. The summed E-state index contributed by atoms with van der Waals surface area (Å²) >= 11 is 1.59. The Morgan fingerprint density at radius 2 is 2.18 bits per heavy atom. The van der Waals surface area contributed by atoms with Crippen molar-refractivity contribution >= 4 is 11.3 Å². The van der Waals surface area contributed by atoms with Crippen molar-refractivity contribution in [1.29, 1.82) is 5.26 Å². The highest BCUT2D eigenvalue weighted by Crippen LogP contribution is 2.33. The topological polar surface area (TPSA) is 45.9 Å². The van der Waals surface area contributed by atoms with Crippen LogP contribution < -0.4 is 4.74 Å². The number of para-hydroxylation sites is 1. The molecule has 0 saturated carbocycles. The zero-order valence-corrected chi connectivity index (χ0v) is 10.5. The van der Waals surface area contributed by atoms with Gasteiger partial charge in [0, 0.05) is 4.88 Å². The standard InChI is InChI=1S/C13H12N2OS/c1-9-11(7-8-14)15-13(17-9)10-5-3-4-6-12(10)16-2/h3-6H,7H2,1-2H3. The van der Waals surface area contributed by atoms with Crippen molar-refractivity contribution < 1.29 is 4.74 Å². The summed E-state index contributed by atoms with van der Waals surface area (Å²) in [6.45, 7) is 1.99. The van der Waals surface area contributed by atoms with Gasteiger partial charge in [-0.15, -0.1) is 11.3 Å². The zero-order valence-electron chi connectivity index (χ0n) is 9.73. The van der Waals surface area contributed by atoms with Crippen molar-refractivity contribution in [3.05, 3.63) is 34.8 Å². The summed E-state index contributed by atoms with van der Waals surface area (Å²) in [5, 5.41) is 9.62. The van der Waals surface area contributed by atoms with Crippen LogP contribution >= 0.6 is 11.3 Å². The first-order chi connectivity index (χ1) is 8.26. The highest BCUT2D eigenvalue weighted by atomic mass is 32.1. The second-order valence-electron chi connectivity index (χ2n) is 3.56. The van der Waals surface area contributed by atoms with Gasteiger partial charge in [-0.2, -0.15) is 5.26 Å². The summed E-state index contributed by atoms with van der Waals surface area (Å²) in [6.07, 6.45) is 0.359. The summed E-state index contributed by atoms with van der Waals surface area (Å²) in [6, 6.07) is 9.91. The van der Waals surface area contributed by atoms with E-state index in [1.807, 2.05) is 31.2 Å². The van der Waals surface area contributed by atoms with Gasteiger partial charge in [0.1, 0.15) is 10.8 Å². The lowest BCUT2D eigenvalue weighted by molar-refractivity contribution is 0.416. The molecule has 2 rings (SSSR count). The predicted octanol–water partition coefficient (Wildman–Crippen LogP) is 3.19. The van der Waals surface area contributed by atoms with Crippen molar-refractivity contribution in [3.8, 4) is 22.4 Å². The molecule has 4 heteroatoms. The normalized spacial score (nSPS) is 9.94. The molecular weight excluding hydrogens is 232 g/mol. The summed E-state index contributed by atoms with van der Waals surface area (Å²) < 4.78 is 5.31. The van der Waals surface area contributed by atoms with Crippen molar-refractivity contribution in [1.82, 2.24) is 4.98 Å². The average molecular weight is 244 g/mol. The Labute approximate surface area is 104 Å². The van der Waals surface area contributed by atoms with Crippen LogP contribution in [0.4, 0.5) is 0 Å². The van der Waals surface area contributed by atoms with E-state index in [1.165, 1.54) is 0 Å². The molecule has 2 aromatic rings. The molecule has 1 aromatic carbocycles. The molecule has 0 saturated heterocycles. The zero-order chi connectivity index (χ0) is 12.3. The molecule has 0 aliphatic heterocycles. The molecule has 17 heavy (non-hydrogen) atoms. The third-order valence-electron chi connectivity index (χ3n) is 2.48. The molecule has 0 spiro atoms. The number of nitrogens with zero attached hydrogens (tertiary/aromatic N) is 2. The fraction of sp³-hybridized carbons (Fsp3) is 0.231. The molecule has 0 radical (unpaired) electrons. The van der Waals surface area contributed by atoms with Gasteiger partial charge >= 0.3 is 0 Å². The molecule has 0 aliphatic rings. The lowest BCUT2D eigenvalue weighted by atomic mass is 10.2. The second kappa shape index (κ2) is 4.98. The lowest BCUT2D eigenvalue weighted by Crippen LogP contribution is -1.88. The Balaban J connectivity index is 2.47. The monoisotopic (exact) mass is 244 g/mol. The smallest absolute Gasteiger partial charge is 0.129 e. The van der Waals surface area contributed by atoms with Gasteiger partial charge in [0.15, 0.2) is 0 Å². The molecule has 1 heterocycles. The Kier molecular flexibility index (Phi) is 3.40. The van der Waals surface area contributed by atoms with E-state index < -0.39 is 0 Å². The molecule has 0 amide bonds. The van der Waals surface area contributed by atoms with Crippen LogP contribution in [0.15, 0.2) is 24.3 Å². The van der Waals surface area contributed by atoms with Gasteiger partial charge in [0.25, 0.3) is 0 Å². The van der Waals surface area contributed by atoms with E-state index in [4.69, 9.17) is 10.00 Å². The van der Waals surface area contributed by atoms with Crippen molar-refractivity contribution in [2.24, 2.45) is 0 Å². The number of aryl methyl sites for hydroxylation is 1. The SMILES string of the molecule is COc1ccccc1-c1nc(CC#N)c(C)s1. The van der Waals surface area contributed by atoms with Gasteiger partial charge in [-0.1, -0.05) is 12.1 Å². The maximum absolute atomic E-state index is 8.71. The van der Waals surface area contributed by atoms with Gasteiger partial charge in [0.2, 0.25) is 0 Å². The number of nitriles is 1. The van der Waals surface area contributed by atoms with Crippen molar-refractivity contribution in [2.45, 2.75) is 13.3 Å². The molecule has 1 aromatic heterocycles. The molecule has 3 nitrogen and oxygen atoms in total. The molecule has 0 fully saturated rings. The van der Waals surface area contributed by atoms with Crippen LogP contribution in [-0.4, -0.2) is 12.1 Å². The van der Waals surface area contributed by atoms with Crippen LogP contribution in [0.3, 0.4) is 0 Å². The van der Waals surface area contributed by atoms with Crippen LogP contribution in [0, 0.1) is 18.3 Å². The van der Waals surface area contributed by atoms with Crippen LogP contribution in [0.5, 0.6) is 5.75 Å². The first-order valence-corrected chi connectivity index (χ1v) is 6.04. The Morgan fingerprint density at radius 1 is 1.41 bits per heavy atom. The van der Waals surface area contributed by atoms with E-state index in [0.717, 1.165) is 26.9 Å². The molecule has 0 aliphatic carbocycles. The first-order valence-electron chi connectivity index (χ1n) is 5.23. The molecule has 0 atom stereocenters. The Hall–Kier alpha value is -1.86. The van der Waals surface area contributed by atoms with Crippen LogP contribution in [0.2, 0.25) is 0 Å². The molecule has 0 bridgehead atoms. The Bertz CT molecular complexity index is 569. The second-order valence-corrected chi connectivity index (χ2v) is 4.76.